The van der Waals surface area contributed by atoms with Crippen LogP contribution < -0.4 is 4.74 Å². The zero-order valence-electron chi connectivity index (χ0n) is 13.2. The van der Waals surface area contributed by atoms with E-state index in [0.717, 1.165) is 28.5 Å². The van der Waals surface area contributed by atoms with Crippen LogP contribution in [-0.4, -0.2) is 18.2 Å². The van der Waals surface area contributed by atoms with Crippen LogP contribution in [0.5, 0.6) is 5.75 Å². The molecular formula is C18H22O3. The number of benzene rings is 1. The minimum Gasteiger partial charge on any atom is -0.496 e. The Morgan fingerprint density at radius 3 is 2.43 bits per heavy atom. The van der Waals surface area contributed by atoms with E-state index in [1.54, 1.807) is 13.2 Å². The van der Waals surface area contributed by atoms with E-state index >= 15 is 0 Å². The SMILES string of the molecule is COc1cc(C)c(/C=C/C(C)=C/C=C/C(=O)O)c(C)c1C. The maximum absolute atomic E-state index is 10.4. The number of rotatable bonds is 5. The molecule has 0 radical (unpaired) electrons. The van der Waals surface area contributed by atoms with Crippen LogP contribution in [0.25, 0.3) is 6.08 Å². The largest absolute Gasteiger partial charge is 0.496 e. The second-order valence-corrected chi connectivity index (χ2v) is 5.00. The molecule has 0 saturated carbocycles. The quantitative estimate of drug-likeness (QED) is 0.651. The molecule has 0 atom stereocenters. The Bertz CT molecular complexity index is 620. The van der Waals surface area contributed by atoms with Gasteiger partial charge >= 0.3 is 5.97 Å². The first-order chi connectivity index (χ1) is 9.86. The van der Waals surface area contributed by atoms with Gasteiger partial charge in [0.2, 0.25) is 0 Å². The Kier molecular flexibility index (Phi) is 5.97. The summed E-state index contributed by atoms with van der Waals surface area (Å²) in [5.74, 6) is -0.0423. The topological polar surface area (TPSA) is 46.5 Å². The number of carbonyl (C=O) groups is 1. The molecule has 0 amide bonds. The van der Waals surface area contributed by atoms with Gasteiger partial charge in [-0.3, -0.25) is 0 Å². The van der Waals surface area contributed by atoms with Crippen LogP contribution in [0.4, 0.5) is 0 Å². The highest BCUT2D eigenvalue weighted by atomic mass is 16.5. The molecule has 0 spiro atoms. The first kappa shape index (κ1) is 16.8. The van der Waals surface area contributed by atoms with Crippen molar-refractivity contribution in [2.75, 3.05) is 7.11 Å². The number of aryl methyl sites for hydroxylation is 1. The maximum atomic E-state index is 10.4. The second-order valence-electron chi connectivity index (χ2n) is 5.00. The summed E-state index contributed by atoms with van der Waals surface area (Å²) in [5, 5.41) is 8.54. The Morgan fingerprint density at radius 2 is 1.86 bits per heavy atom. The van der Waals surface area contributed by atoms with E-state index in [4.69, 9.17) is 9.84 Å². The minimum absolute atomic E-state index is 0.902. The third-order valence-electron chi connectivity index (χ3n) is 3.44. The van der Waals surface area contributed by atoms with Gasteiger partial charge in [-0.1, -0.05) is 29.9 Å². The van der Waals surface area contributed by atoms with Crippen LogP contribution in [0, 0.1) is 20.8 Å². The van der Waals surface area contributed by atoms with E-state index in [-0.39, 0.29) is 0 Å². The van der Waals surface area contributed by atoms with Crippen molar-refractivity contribution in [2.24, 2.45) is 0 Å². The molecule has 0 fully saturated rings. The Morgan fingerprint density at radius 1 is 1.19 bits per heavy atom. The number of hydrogen-bond donors (Lipinski definition) is 1. The highest BCUT2D eigenvalue weighted by Gasteiger charge is 2.08. The summed E-state index contributed by atoms with van der Waals surface area (Å²) in [6.45, 7) is 8.11. The second kappa shape index (κ2) is 7.48. The summed E-state index contributed by atoms with van der Waals surface area (Å²) >= 11 is 0. The highest BCUT2D eigenvalue weighted by molar-refractivity contribution is 5.80. The van der Waals surface area contributed by atoms with E-state index in [2.05, 4.69) is 19.9 Å². The van der Waals surface area contributed by atoms with Crippen LogP contribution in [-0.2, 0) is 4.79 Å². The van der Waals surface area contributed by atoms with Crippen molar-refractivity contribution in [1.82, 2.24) is 0 Å². The third kappa shape index (κ3) is 4.63. The summed E-state index contributed by atoms with van der Waals surface area (Å²) in [6.07, 6.45) is 8.45. The molecule has 112 valence electrons. The van der Waals surface area contributed by atoms with E-state index in [1.165, 1.54) is 17.2 Å². The molecular weight excluding hydrogens is 264 g/mol. The van der Waals surface area contributed by atoms with Crippen molar-refractivity contribution >= 4 is 12.0 Å². The van der Waals surface area contributed by atoms with Gasteiger partial charge in [0, 0.05) is 6.08 Å². The van der Waals surface area contributed by atoms with Crippen LogP contribution in [0.15, 0.2) is 35.9 Å². The van der Waals surface area contributed by atoms with Crippen molar-refractivity contribution in [3.8, 4) is 5.75 Å². The Labute approximate surface area is 126 Å². The van der Waals surface area contributed by atoms with Crippen LogP contribution in [0.3, 0.4) is 0 Å². The van der Waals surface area contributed by atoms with Gasteiger partial charge in [-0.2, -0.15) is 0 Å². The van der Waals surface area contributed by atoms with Crippen LogP contribution in [0.1, 0.15) is 29.2 Å². The lowest BCUT2D eigenvalue weighted by Gasteiger charge is -2.13. The fourth-order valence-electron chi connectivity index (χ4n) is 2.09. The standard InChI is InChI=1S/C18H22O3/c1-12(7-6-8-18(19)20)9-10-16-13(2)11-17(21-5)15(4)14(16)3/h6-11H,1-5H3,(H,19,20)/b8-6+,10-9+,12-7+. The Hall–Kier alpha value is -2.29. The van der Waals surface area contributed by atoms with Gasteiger partial charge in [-0.25, -0.2) is 4.79 Å². The molecule has 0 heterocycles. The minimum atomic E-state index is -0.944. The predicted molar refractivity (Wildman–Crippen MR) is 86.8 cm³/mol. The molecule has 3 nitrogen and oxygen atoms in total. The number of hydrogen-bond acceptors (Lipinski definition) is 2. The van der Waals surface area contributed by atoms with E-state index in [1.807, 2.05) is 26.0 Å². The zero-order chi connectivity index (χ0) is 16.0. The molecule has 3 heteroatoms. The summed E-state index contributed by atoms with van der Waals surface area (Å²) in [4.78, 5) is 10.4. The van der Waals surface area contributed by atoms with Crippen LogP contribution >= 0.6 is 0 Å². The fourth-order valence-corrected chi connectivity index (χ4v) is 2.09. The number of carboxylic acid groups (broad SMARTS) is 1. The highest BCUT2D eigenvalue weighted by Crippen LogP contribution is 2.28. The number of methoxy groups -OCH3 is 1. The van der Waals surface area contributed by atoms with Gasteiger partial charge in [0.05, 0.1) is 7.11 Å². The van der Waals surface area contributed by atoms with Crippen LogP contribution in [0.2, 0.25) is 0 Å². The fraction of sp³-hybridized carbons (Fsp3) is 0.278. The van der Waals surface area contributed by atoms with Crippen molar-refractivity contribution in [3.63, 3.8) is 0 Å². The van der Waals surface area contributed by atoms with Gasteiger partial charge in [0.15, 0.2) is 0 Å². The van der Waals surface area contributed by atoms with Crippen molar-refractivity contribution in [3.05, 3.63) is 58.2 Å². The van der Waals surface area contributed by atoms with Crippen molar-refractivity contribution in [1.29, 1.82) is 0 Å². The van der Waals surface area contributed by atoms with Crippen molar-refractivity contribution in [2.45, 2.75) is 27.7 Å². The molecule has 0 aromatic heterocycles. The molecule has 21 heavy (non-hydrogen) atoms. The number of ether oxygens (including phenoxy) is 1. The van der Waals surface area contributed by atoms with Gasteiger partial charge < -0.3 is 9.84 Å². The lowest BCUT2D eigenvalue weighted by atomic mass is 9.96. The molecule has 1 aromatic carbocycles. The molecule has 0 aliphatic rings. The number of allylic oxidation sites excluding steroid dienone is 4. The molecule has 0 aliphatic heterocycles. The molecule has 0 aliphatic carbocycles. The van der Waals surface area contributed by atoms with E-state index in [0.29, 0.717) is 0 Å². The maximum Gasteiger partial charge on any atom is 0.328 e. The zero-order valence-corrected chi connectivity index (χ0v) is 13.2. The Balaban J connectivity index is 3.06. The van der Waals surface area contributed by atoms with E-state index in [9.17, 15) is 4.79 Å². The number of carboxylic acids is 1. The lowest BCUT2D eigenvalue weighted by molar-refractivity contribution is -0.131. The average Bonchev–Trinajstić information content (AvgIpc) is 2.42. The summed E-state index contributed by atoms with van der Waals surface area (Å²) in [7, 11) is 1.68. The normalized spacial score (nSPS) is 12.3. The summed E-state index contributed by atoms with van der Waals surface area (Å²) in [5.41, 5.74) is 5.63. The lowest BCUT2D eigenvalue weighted by Crippen LogP contribution is -1.95. The third-order valence-corrected chi connectivity index (χ3v) is 3.44. The smallest absolute Gasteiger partial charge is 0.328 e. The summed E-state index contributed by atoms with van der Waals surface area (Å²) < 4.78 is 5.36. The first-order valence-electron chi connectivity index (χ1n) is 6.77. The molecule has 1 aromatic rings. The molecule has 0 bridgehead atoms. The molecule has 1 rings (SSSR count). The first-order valence-corrected chi connectivity index (χ1v) is 6.77. The van der Waals surface area contributed by atoms with Gasteiger partial charge in [0.25, 0.3) is 0 Å². The molecule has 1 N–H and O–H groups in total. The van der Waals surface area contributed by atoms with Gasteiger partial charge in [0.1, 0.15) is 5.75 Å². The number of aliphatic carboxylic acids is 1. The molecule has 0 unspecified atom stereocenters. The van der Waals surface area contributed by atoms with Crippen molar-refractivity contribution < 1.29 is 14.6 Å². The molecule has 0 saturated heterocycles. The summed E-state index contributed by atoms with van der Waals surface area (Å²) in [6, 6.07) is 2.03. The monoisotopic (exact) mass is 286 g/mol. The average molecular weight is 286 g/mol. The van der Waals surface area contributed by atoms with E-state index < -0.39 is 5.97 Å². The van der Waals surface area contributed by atoms with Gasteiger partial charge in [-0.05, 0) is 56.0 Å². The predicted octanol–water partition coefficient (Wildman–Crippen LogP) is 4.22. The van der Waals surface area contributed by atoms with Gasteiger partial charge in [-0.15, -0.1) is 0 Å².